The Labute approximate surface area is 202 Å². The van der Waals surface area contributed by atoms with E-state index >= 15 is 0 Å². The van der Waals surface area contributed by atoms with Gasteiger partial charge in [-0.3, -0.25) is 4.79 Å². The molecule has 34 heavy (non-hydrogen) atoms. The second kappa shape index (κ2) is 10.4. The van der Waals surface area contributed by atoms with Crippen molar-refractivity contribution >= 4 is 44.2 Å². The summed E-state index contributed by atoms with van der Waals surface area (Å²) in [5.41, 5.74) is 1.23. The van der Waals surface area contributed by atoms with Gasteiger partial charge in [0, 0.05) is 29.7 Å². The van der Waals surface area contributed by atoms with Crippen LogP contribution in [0.3, 0.4) is 0 Å². The first-order chi connectivity index (χ1) is 16.4. The fourth-order valence-electron chi connectivity index (χ4n) is 3.53. The Morgan fingerprint density at radius 2 is 1.74 bits per heavy atom. The van der Waals surface area contributed by atoms with Gasteiger partial charge in [0.05, 0.1) is 10.6 Å². The molecule has 0 aliphatic rings. The number of amides is 1. The molecular formula is C24H24N4O4S2. The van der Waals surface area contributed by atoms with Crippen LogP contribution in [0.4, 0.5) is 5.69 Å². The van der Waals surface area contributed by atoms with Gasteiger partial charge in [-0.15, -0.1) is 10.2 Å². The summed E-state index contributed by atoms with van der Waals surface area (Å²) in [7, 11) is -3.61. The van der Waals surface area contributed by atoms with Crippen molar-refractivity contribution in [2.24, 2.45) is 0 Å². The Kier molecular flexibility index (Phi) is 7.30. The molecular weight excluding hydrogens is 472 g/mol. The van der Waals surface area contributed by atoms with Crippen LogP contribution in [-0.2, 0) is 14.8 Å². The van der Waals surface area contributed by atoms with Gasteiger partial charge in [-0.25, -0.2) is 8.42 Å². The second-order valence-corrected chi connectivity index (χ2v) is 10.2. The molecule has 0 saturated heterocycles. The predicted molar refractivity (Wildman–Crippen MR) is 133 cm³/mol. The van der Waals surface area contributed by atoms with Crippen molar-refractivity contribution in [1.82, 2.24) is 14.5 Å². The standard InChI is InChI=1S/C24H24N4O4S2/c1-3-28(4-2)34(30,31)19-12-7-11-18(15-19)23-26-27-24(32-23)33-16-22(29)25-21-14-8-10-17-9-5-6-13-20(17)21/h5-15H,3-4,16H2,1-2H3,(H,25,29). The van der Waals surface area contributed by atoms with Crippen LogP contribution in [0.2, 0.25) is 0 Å². The van der Waals surface area contributed by atoms with Crippen LogP contribution in [0.25, 0.3) is 22.2 Å². The Hall–Kier alpha value is -3.21. The van der Waals surface area contributed by atoms with E-state index in [9.17, 15) is 13.2 Å². The van der Waals surface area contributed by atoms with E-state index in [0.29, 0.717) is 18.7 Å². The average Bonchev–Trinajstić information content (AvgIpc) is 3.33. The van der Waals surface area contributed by atoms with Gasteiger partial charge in [0.15, 0.2) is 0 Å². The molecule has 0 aliphatic heterocycles. The van der Waals surface area contributed by atoms with Crippen LogP contribution in [0, 0.1) is 0 Å². The lowest BCUT2D eigenvalue weighted by Crippen LogP contribution is -2.30. The number of benzene rings is 3. The molecule has 0 fully saturated rings. The summed E-state index contributed by atoms with van der Waals surface area (Å²) in [6.45, 7) is 4.35. The Balaban J connectivity index is 1.43. The topological polar surface area (TPSA) is 105 Å². The van der Waals surface area contributed by atoms with Gasteiger partial charge in [-0.1, -0.05) is 68.1 Å². The number of thioether (sulfide) groups is 1. The first-order valence-electron chi connectivity index (χ1n) is 10.8. The lowest BCUT2D eigenvalue weighted by atomic mass is 10.1. The van der Waals surface area contributed by atoms with Crippen LogP contribution >= 0.6 is 11.8 Å². The van der Waals surface area contributed by atoms with E-state index in [1.807, 2.05) is 42.5 Å². The first-order valence-corrected chi connectivity index (χ1v) is 13.2. The zero-order valence-corrected chi connectivity index (χ0v) is 20.4. The SMILES string of the molecule is CCN(CC)S(=O)(=O)c1cccc(-c2nnc(SCC(=O)Nc3cccc4ccccc34)o2)c1. The fourth-order valence-corrected chi connectivity index (χ4v) is 5.60. The molecule has 10 heteroatoms. The van der Waals surface area contributed by atoms with Crippen LogP contribution in [0.15, 0.2) is 81.3 Å². The van der Waals surface area contributed by atoms with Gasteiger partial charge < -0.3 is 9.73 Å². The van der Waals surface area contributed by atoms with Crippen molar-refractivity contribution in [1.29, 1.82) is 0 Å². The molecule has 176 valence electrons. The van der Waals surface area contributed by atoms with Crippen molar-refractivity contribution in [3.63, 3.8) is 0 Å². The minimum absolute atomic E-state index is 0.0846. The molecule has 0 spiro atoms. The molecule has 1 heterocycles. The number of aromatic nitrogens is 2. The molecule has 0 saturated carbocycles. The molecule has 0 aliphatic carbocycles. The summed E-state index contributed by atoms with van der Waals surface area (Å²) in [5, 5.41) is 13.2. The van der Waals surface area contributed by atoms with Crippen LogP contribution in [0.1, 0.15) is 13.8 Å². The summed E-state index contributed by atoms with van der Waals surface area (Å²) < 4.78 is 32.7. The summed E-state index contributed by atoms with van der Waals surface area (Å²) in [4.78, 5) is 12.7. The number of fused-ring (bicyclic) bond motifs is 1. The van der Waals surface area contributed by atoms with Crippen molar-refractivity contribution in [3.05, 3.63) is 66.7 Å². The van der Waals surface area contributed by atoms with E-state index in [1.54, 1.807) is 32.0 Å². The summed E-state index contributed by atoms with van der Waals surface area (Å²) >= 11 is 1.11. The fraction of sp³-hybridized carbons (Fsp3) is 0.208. The van der Waals surface area contributed by atoms with Gasteiger partial charge in [-0.05, 0) is 29.7 Å². The van der Waals surface area contributed by atoms with E-state index in [4.69, 9.17) is 4.42 Å². The maximum atomic E-state index is 12.8. The number of sulfonamides is 1. The van der Waals surface area contributed by atoms with Crippen molar-refractivity contribution < 1.29 is 17.6 Å². The number of carbonyl (C=O) groups excluding carboxylic acids is 1. The van der Waals surface area contributed by atoms with E-state index in [0.717, 1.165) is 28.2 Å². The molecule has 4 aromatic rings. The molecule has 8 nitrogen and oxygen atoms in total. The Morgan fingerprint density at radius 3 is 2.53 bits per heavy atom. The maximum absolute atomic E-state index is 12.8. The molecule has 0 bridgehead atoms. The normalized spacial score (nSPS) is 11.7. The van der Waals surface area contributed by atoms with E-state index in [1.165, 1.54) is 10.4 Å². The largest absolute Gasteiger partial charge is 0.411 e. The van der Waals surface area contributed by atoms with Gasteiger partial charge in [0.25, 0.3) is 5.22 Å². The van der Waals surface area contributed by atoms with Gasteiger partial charge in [-0.2, -0.15) is 4.31 Å². The van der Waals surface area contributed by atoms with E-state index < -0.39 is 10.0 Å². The Bertz CT molecular complexity index is 1410. The molecule has 0 atom stereocenters. The molecule has 1 amide bonds. The van der Waals surface area contributed by atoms with Crippen LogP contribution < -0.4 is 5.32 Å². The molecule has 3 aromatic carbocycles. The van der Waals surface area contributed by atoms with Gasteiger partial charge in [0.1, 0.15) is 0 Å². The van der Waals surface area contributed by atoms with E-state index in [2.05, 4.69) is 15.5 Å². The highest BCUT2D eigenvalue weighted by Crippen LogP contribution is 2.27. The molecule has 1 N–H and O–H groups in total. The van der Waals surface area contributed by atoms with Crippen molar-refractivity contribution in [2.45, 2.75) is 24.0 Å². The highest BCUT2D eigenvalue weighted by Gasteiger charge is 2.22. The Morgan fingerprint density at radius 1 is 1.00 bits per heavy atom. The monoisotopic (exact) mass is 496 g/mol. The number of nitrogens with zero attached hydrogens (tertiary/aromatic N) is 3. The number of anilines is 1. The smallest absolute Gasteiger partial charge is 0.277 e. The minimum Gasteiger partial charge on any atom is -0.411 e. The molecule has 0 unspecified atom stereocenters. The lowest BCUT2D eigenvalue weighted by Gasteiger charge is -2.18. The summed E-state index contributed by atoms with van der Waals surface area (Å²) in [6, 6.07) is 20.0. The van der Waals surface area contributed by atoms with Gasteiger partial charge >= 0.3 is 0 Å². The highest BCUT2D eigenvalue weighted by molar-refractivity contribution is 7.99. The van der Waals surface area contributed by atoms with Crippen molar-refractivity contribution in [3.8, 4) is 11.5 Å². The number of carbonyl (C=O) groups is 1. The predicted octanol–water partition coefficient (Wildman–Crippen LogP) is 4.65. The van der Waals surface area contributed by atoms with Crippen LogP contribution in [-0.4, -0.2) is 47.7 Å². The number of hydrogen-bond acceptors (Lipinski definition) is 7. The third-order valence-corrected chi connectivity index (χ3v) is 8.09. The number of rotatable bonds is 9. The van der Waals surface area contributed by atoms with E-state index in [-0.39, 0.29) is 27.7 Å². The van der Waals surface area contributed by atoms with Crippen LogP contribution in [0.5, 0.6) is 0 Å². The minimum atomic E-state index is -3.61. The zero-order valence-electron chi connectivity index (χ0n) is 18.8. The third kappa shape index (κ3) is 5.14. The number of nitrogens with one attached hydrogen (secondary N) is 1. The average molecular weight is 497 g/mol. The summed E-state index contributed by atoms with van der Waals surface area (Å²) in [6.07, 6.45) is 0. The number of hydrogen-bond donors (Lipinski definition) is 1. The molecule has 4 rings (SSSR count). The van der Waals surface area contributed by atoms with Crippen molar-refractivity contribution in [2.75, 3.05) is 24.2 Å². The molecule has 0 radical (unpaired) electrons. The third-order valence-electron chi connectivity index (χ3n) is 5.22. The maximum Gasteiger partial charge on any atom is 0.277 e. The molecule has 1 aromatic heterocycles. The first kappa shape index (κ1) is 23.9. The van der Waals surface area contributed by atoms with Gasteiger partial charge in [0.2, 0.25) is 21.8 Å². The highest BCUT2D eigenvalue weighted by atomic mass is 32.2. The second-order valence-electron chi connectivity index (χ2n) is 7.35. The summed E-state index contributed by atoms with van der Waals surface area (Å²) in [5.74, 6) is 0.0725. The lowest BCUT2D eigenvalue weighted by molar-refractivity contribution is -0.113. The quantitative estimate of drug-likeness (QED) is 0.336. The zero-order chi connectivity index (χ0) is 24.1.